The molecule has 11 heteroatoms. The van der Waals surface area contributed by atoms with Gasteiger partial charge < -0.3 is 31.1 Å². The molecule has 0 bridgehead atoms. The van der Waals surface area contributed by atoms with Crippen molar-refractivity contribution in [3.05, 3.63) is 36.0 Å². The molecule has 0 saturated heterocycles. The van der Waals surface area contributed by atoms with Crippen LogP contribution in [0.2, 0.25) is 0 Å². The average molecular weight is 542 g/mol. The van der Waals surface area contributed by atoms with Crippen molar-refractivity contribution in [2.75, 3.05) is 0 Å². The van der Waals surface area contributed by atoms with E-state index in [9.17, 15) is 24.0 Å². The van der Waals surface area contributed by atoms with Gasteiger partial charge in [0.05, 0.1) is 12.3 Å². The molecular formula is C28H39N5O6. The summed E-state index contributed by atoms with van der Waals surface area (Å²) >= 11 is 0. The fourth-order valence-corrected chi connectivity index (χ4v) is 4.10. The molecular weight excluding hydrogens is 502 g/mol. The molecule has 5 N–H and O–H groups in total. The van der Waals surface area contributed by atoms with Crippen molar-refractivity contribution in [3.63, 3.8) is 0 Å². The Morgan fingerprint density at radius 2 is 1.67 bits per heavy atom. The third-order valence-corrected chi connectivity index (χ3v) is 6.38. The smallest absolute Gasteiger partial charge is 0.329 e. The lowest BCUT2D eigenvalue weighted by Crippen LogP contribution is -2.57. The molecule has 1 unspecified atom stereocenters. The van der Waals surface area contributed by atoms with Crippen LogP contribution >= 0.6 is 0 Å². The number of nitrogens with one attached hydrogen (secondary N) is 5. The number of benzene rings is 1. The lowest BCUT2D eigenvalue weighted by Gasteiger charge is -2.27. The Morgan fingerprint density at radius 3 is 2.28 bits per heavy atom. The minimum absolute atomic E-state index is 0.0991. The highest BCUT2D eigenvalue weighted by Crippen LogP contribution is 2.19. The number of para-hydroxylation sites is 1. The second kappa shape index (κ2) is 14.8. The van der Waals surface area contributed by atoms with E-state index in [0.717, 1.165) is 16.5 Å². The number of hydrogen-bond acceptors (Lipinski definition) is 7. The van der Waals surface area contributed by atoms with Crippen LogP contribution in [0.4, 0.5) is 0 Å². The first-order chi connectivity index (χ1) is 18.5. The summed E-state index contributed by atoms with van der Waals surface area (Å²) in [6, 6.07) is 4.37. The van der Waals surface area contributed by atoms with Crippen molar-refractivity contribution >= 4 is 46.6 Å². The maximum atomic E-state index is 13.4. The fourth-order valence-electron chi connectivity index (χ4n) is 4.10. The lowest BCUT2D eigenvalue weighted by atomic mass is 9.98. The molecule has 2 aromatic rings. The van der Waals surface area contributed by atoms with Crippen molar-refractivity contribution in [1.29, 1.82) is 5.41 Å². The highest BCUT2D eigenvalue weighted by molar-refractivity contribution is 6.26. The number of H-pyrrole nitrogens is 1. The van der Waals surface area contributed by atoms with Gasteiger partial charge in [-0.1, -0.05) is 38.5 Å². The number of hydrogen-bond donors (Lipinski definition) is 5. The summed E-state index contributed by atoms with van der Waals surface area (Å²) in [6.07, 6.45) is 2.49. The highest BCUT2D eigenvalue weighted by Gasteiger charge is 2.33. The zero-order valence-corrected chi connectivity index (χ0v) is 23.1. The van der Waals surface area contributed by atoms with Gasteiger partial charge in [0, 0.05) is 36.9 Å². The summed E-state index contributed by atoms with van der Waals surface area (Å²) in [7, 11) is 0. The molecule has 3 amide bonds. The largest absolute Gasteiger partial charge is 0.461 e. The monoisotopic (exact) mass is 541 g/mol. The van der Waals surface area contributed by atoms with Crippen LogP contribution < -0.4 is 16.0 Å². The van der Waals surface area contributed by atoms with Crippen molar-refractivity contribution in [2.24, 2.45) is 5.92 Å². The van der Waals surface area contributed by atoms with Gasteiger partial charge in [0.1, 0.15) is 18.1 Å². The molecule has 0 aliphatic rings. The molecule has 1 heterocycles. The number of Topliss-reactive ketones (excluding diaryl/α,β-unsaturated/α-hetero) is 1. The van der Waals surface area contributed by atoms with E-state index in [1.165, 1.54) is 6.92 Å². The Balaban J connectivity index is 2.28. The molecule has 0 saturated carbocycles. The standard InChI is InChI=1S/C28H39N5O6/c1-6-17(4)25(28(38)39-16(2)3)33-26(36)23(12-11-20(35)14-29)32-27(37)24(31-18(5)34)13-19-15-30-22-10-8-7-9-21(19)22/h7-10,14-17,23-25,29-30H,6,11-13H2,1-5H3,(H,31,34)(H,32,37)(H,33,36)/t17?,23-,24-,25-/m0/s1. The Bertz CT molecular complexity index is 1190. The van der Waals surface area contributed by atoms with Gasteiger partial charge in [-0.25, -0.2) is 4.79 Å². The maximum Gasteiger partial charge on any atom is 0.329 e. The summed E-state index contributed by atoms with van der Waals surface area (Å²) in [5, 5.41) is 16.0. The third kappa shape index (κ3) is 9.35. The van der Waals surface area contributed by atoms with Crippen molar-refractivity contribution < 1.29 is 28.7 Å². The Morgan fingerprint density at radius 1 is 1.00 bits per heavy atom. The molecule has 39 heavy (non-hydrogen) atoms. The van der Waals surface area contributed by atoms with Crippen LogP contribution in [0.25, 0.3) is 10.9 Å². The number of rotatable bonds is 15. The van der Waals surface area contributed by atoms with Crippen LogP contribution in [0.1, 0.15) is 59.4 Å². The number of esters is 1. The van der Waals surface area contributed by atoms with Crippen LogP contribution in [-0.4, -0.2) is 64.9 Å². The van der Waals surface area contributed by atoms with Crippen LogP contribution in [-0.2, 0) is 35.1 Å². The molecule has 1 aromatic carbocycles. The lowest BCUT2D eigenvalue weighted by molar-refractivity contribution is -0.153. The number of carbonyl (C=O) groups excluding carboxylic acids is 5. The van der Waals surface area contributed by atoms with Gasteiger partial charge in [0.2, 0.25) is 17.7 Å². The van der Waals surface area contributed by atoms with E-state index in [4.69, 9.17) is 10.1 Å². The molecule has 4 atom stereocenters. The first-order valence-corrected chi connectivity index (χ1v) is 13.1. The molecule has 0 spiro atoms. The summed E-state index contributed by atoms with van der Waals surface area (Å²) in [5.41, 5.74) is 1.68. The first-order valence-electron chi connectivity index (χ1n) is 13.1. The van der Waals surface area contributed by atoms with Gasteiger partial charge in [0.15, 0.2) is 5.78 Å². The molecule has 0 aliphatic carbocycles. The predicted molar refractivity (Wildman–Crippen MR) is 147 cm³/mol. The summed E-state index contributed by atoms with van der Waals surface area (Å²) in [6.45, 7) is 8.37. The Hall–Kier alpha value is -4.02. The third-order valence-electron chi connectivity index (χ3n) is 6.38. The van der Waals surface area contributed by atoms with Gasteiger partial charge in [0.25, 0.3) is 0 Å². The van der Waals surface area contributed by atoms with E-state index in [1.54, 1.807) is 27.0 Å². The van der Waals surface area contributed by atoms with Gasteiger partial charge in [-0.15, -0.1) is 0 Å². The van der Waals surface area contributed by atoms with E-state index in [2.05, 4.69) is 20.9 Å². The highest BCUT2D eigenvalue weighted by atomic mass is 16.5. The van der Waals surface area contributed by atoms with E-state index in [1.807, 2.05) is 31.2 Å². The second-order valence-corrected chi connectivity index (χ2v) is 9.88. The van der Waals surface area contributed by atoms with Crippen LogP contribution in [0.3, 0.4) is 0 Å². The van der Waals surface area contributed by atoms with Crippen LogP contribution in [0, 0.1) is 11.3 Å². The molecule has 2 rings (SSSR count). The number of aromatic amines is 1. The Kier molecular flexibility index (Phi) is 11.8. The van der Waals surface area contributed by atoms with Gasteiger partial charge in [-0.3, -0.25) is 19.2 Å². The summed E-state index contributed by atoms with van der Waals surface area (Å²) in [4.78, 5) is 66.3. The SMILES string of the molecule is CCC(C)[C@H](NC(=O)[C@H](CCC(=O)C=N)NC(=O)[C@H](Cc1c[nH]c2ccccc12)NC(C)=O)C(=O)OC(C)C. The number of ketones is 1. The molecule has 0 radical (unpaired) electrons. The summed E-state index contributed by atoms with van der Waals surface area (Å²) < 4.78 is 5.31. The van der Waals surface area contributed by atoms with E-state index >= 15 is 0 Å². The first kappa shape index (κ1) is 31.2. The zero-order valence-electron chi connectivity index (χ0n) is 23.1. The zero-order chi connectivity index (χ0) is 29.1. The van der Waals surface area contributed by atoms with Crippen molar-refractivity contribution in [1.82, 2.24) is 20.9 Å². The number of fused-ring (bicyclic) bond motifs is 1. The number of amides is 3. The number of ether oxygens (including phenoxy) is 1. The van der Waals surface area contributed by atoms with E-state index in [-0.39, 0.29) is 31.3 Å². The topological polar surface area (TPSA) is 170 Å². The normalized spacial score (nSPS) is 14.1. The number of aromatic nitrogens is 1. The van der Waals surface area contributed by atoms with E-state index in [0.29, 0.717) is 12.6 Å². The second-order valence-electron chi connectivity index (χ2n) is 9.88. The molecule has 212 valence electrons. The minimum Gasteiger partial charge on any atom is -0.461 e. The van der Waals surface area contributed by atoms with Gasteiger partial charge in [-0.05, 0) is 37.8 Å². The Labute approximate surface area is 228 Å². The quantitative estimate of drug-likeness (QED) is 0.171. The van der Waals surface area contributed by atoms with Gasteiger partial charge in [-0.2, -0.15) is 0 Å². The average Bonchev–Trinajstić information content (AvgIpc) is 3.30. The maximum absolute atomic E-state index is 13.4. The predicted octanol–water partition coefficient (Wildman–Crippen LogP) is 2.18. The van der Waals surface area contributed by atoms with Crippen LogP contribution in [0.15, 0.2) is 30.5 Å². The number of carbonyl (C=O) groups is 5. The molecule has 11 nitrogen and oxygen atoms in total. The van der Waals surface area contributed by atoms with Crippen LogP contribution in [0.5, 0.6) is 0 Å². The fraction of sp³-hybridized carbons (Fsp3) is 0.500. The molecule has 0 fully saturated rings. The van der Waals surface area contributed by atoms with Crippen molar-refractivity contribution in [3.8, 4) is 0 Å². The van der Waals surface area contributed by atoms with Gasteiger partial charge >= 0.3 is 5.97 Å². The molecule has 0 aliphatic heterocycles. The minimum atomic E-state index is -1.20. The molecule has 1 aromatic heterocycles. The van der Waals surface area contributed by atoms with E-state index < -0.39 is 47.6 Å². The summed E-state index contributed by atoms with van der Waals surface area (Å²) in [5.74, 6) is -3.08. The van der Waals surface area contributed by atoms with Crippen molar-refractivity contribution in [2.45, 2.75) is 84.5 Å².